The minimum absolute atomic E-state index is 0.00880. The summed E-state index contributed by atoms with van der Waals surface area (Å²) >= 11 is 0. The number of carbonyl (C=O) groups excluding carboxylic acids is 1. The predicted octanol–water partition coefficient (Wildman–Crippen LogP) is 2.72. The first-order chi connectivity index (χ1) is 13.0. The Morgan fingerprint density at radius 2 is 2.00 bits per heavy atom. The van der Waals surface area contributed by atoms with Gasteiger partial charge in [0.15, 0.2) is 5.65 Å². The molecule has 0 spiro atoms. The molecule has 6 nitrogen and oxygen atoms in total. The number of hydrogen-bond acceptors (Lipinski definition) is 3. The zero-order valence-corrected chi connectivity index (χ0v) is 16.1. The standard InChI is InChI=1S/C21H26N4O2/c1-15(2)12-19(26)22-10-11-24-20-18(8-5-9-23-20)25(21(24)27)14-17-7-4-6-16(3)13-17/h4-9,13,15H,10-12,14H2,1-3H3,(H,22,26). The second kappa shape index (κ2) is 8.20. The molecule has 0 fully saturated rings. The molecule has 142 valence electrons. The van der Waals surface area contributed by atoms with Gasteiger partial charge in [-0.2, -0.15) is 0 Å². The molecule has 1 amide bonds. The number of amides is 1. The van der Waals surface area contributed by atoms with Gasteiger partial charge in [-0.05, 0) is 30.5 Å². The molecule has 0 saturated carbocycles. The summed E-state index contributed by atoms with van der Waals surface area (Å²) in [5.41, 5.74) is 3.58. The highest BCUT2D eigenvalue weighted by Crippen LogP contribution is 2.13. The number of nitrogens with one attached hydrogen (secondary N) is 1. The van der Waals surface area contributed by atoms with E-state index in [9.17, 15) is 9.59 Å². The predicted molar refractivity (Wildman–Crippen MR) is 107 cm³/mol. The molecule has 0 aliphatic rings. The molecule has 0 bridgehead atoms. The molecule has 0 radical (unpaired) electrons. The molecule has 0 aliphatic heterocycles. The number of carbonyl (C=O) groups is 1. The summed E-state index contributed by atoms with van der Waals surface area (Å²) in [6, 6.07) is 11.9. The van der Waals surface area contributed by atoms with Gasteiger partial charge in [0, 0.05) is 25.7 Å². The van der Waals surface area contributed by atoms with Crippen molar-refractivity contribution >= 4 is 17.1 Å². The van der Waals surface area contributed by atoms with Gasteiger partial charge in [-0.3, -0.25) is 13.9 Å². The highest BCUT2D eigenvalue weighted by atomic mass is 16.2. The quantitative estimate of drug-likeness (QED) is 0.699. The first-order valence-electron chi connectivity index (χ1n) is 9.32. The molecule has 2 heterocycles. The second-order valence-corrected chi connectivity index (χ2v) is 7.30. The Hall–Kier alpha value is -2.89. The maximum absolute atomic E-state index is 13.0. The van der Waals surface area contributed by atoms with E-state index in [0.29, 0.717) is 37.6 Å². The third-order valence-electron chi connectivity index (χ3n) is 4.45. The van der Waals surface area contributed by atoms with Crippen LogP contribution in [0.3, 0.4) is 0 Å². The lowest BCUT2D eigenvalue weighted by molar-refractivity contribution is -0.121. The van der Waals surface area contributed by atoms with Crippen molar-refractivity contribution in [1.82, 2.24) is 19.4 Å². The fraction of sp³-hybridized carbons (Fsp3) is 0.381. The highest BCUT2D eigenvalue weighted by Gasteiger charge is 2.14. The summed E-state index contributed by atoms with van der Waals surface area (Å²) in [5.74, 6) is 0.320. The molecule has 1 N–H and O–H groups in total. The number of hydrogen-bond donors (Lipinski definition) is 1. The number of rotatable bonds is 7. The van der Waals surface area contributed by atoms with E-state index in [0.717, 1.165) is 16.6 Å². The van der Waals surface area contributed by atoms with Gasteiger partial charge >= 0.3 is 5.69 Å². The average molecular weight is 366 g/mol. The van der Waals surface area contributed by atoms with Crippen molar-refractivity contribution in [2.24, 2.45) is 5.92 Å². The number of aromatic nitrogens is 3. The van der Waals surface area contributed by atoms with E-state index < -0.39 is 0 Å². The van der Waals surface area contributed by atoms with Crippen molar-refractivity contribution < 1.29 is 4.79 Å². The molecule has 0 unspecified atom stereocenters. The summed E-state index contributed by atoms with van der Waals surface area (Å²) in [6.07, 6.45) is 2.18. The molecule has 27 heavy (non-hydrogen) atoms. The fourth-order valence-corrected chi connectivity index (χ4v) is 3.24. The van der Waals surface area contributed by atoms with Gasteiger partial charge < -0.3 is 5.32 Å². The van der Waals surface area contributed by atoms with Crippen molar-refractivity contribution in [3.05, 3.63) is 64.2 Å². The monoisotopic (exact) mass is 366 g/mol. The summed E-state index contributed by atoms with van der Waals surface area (Å²) in [4.78, 5) is 29.3. The first kappa shape index (κ1) is 18.9. The Balaban J connectivity index is 1.85. The van der Waals surface area contributed by atoms with Crippen LogP contribution in [0, 0.1) is 12.8 Å². The van der Waals surface area contributed by atoms with Crippen molar-refractivity contribution in [1.29, 1.82) is 0 Å². The lowest BCUT2D eigenvalue weighted by atomic mass is 10.1. The molecule has 2 aromatic heterocycles. The van der Waals surface area contributed by atoms with Gasteiger partial charge in [-0.15, -0.1) is 0 Å². The smallest absolute Gasteiger partial charge is 0.330 e. The van der Waals surface area contributed by atoms with Gasteiger partial charge in [0.1, 0.15) is 0 Å². The van der Waals surface area contributed by atoms with Crippen LogP contribution in [-0.4, -0.2) is 26.6 Å². The van der Waals surface area contributed by atoms with Crippen LogP contribution >= 0.6 is 0 Å². The van der Waals surface area contributed by atoms with Crippen LogP contribution < -0.4 is 11.0 Å². The Morgan fingerprint density at radius 1 is 1.19 bits per heavy atom. The summed E-state index contributed by atoms with van der Waals surface area (Å²) in [5, 5.41) is 2.89. The normalized spacial score (nSPS) is 11.3. The summed E-state index contributed by atoms with van der Waals surface area (Å²) < 4.78 is 3.38. The number of fused-ring (bicyclic) bond motifs is 1. The van der Waals surface area contributed by atoms with Crippen LogP contribution in [0.2, 0.25) is 0 Å². The van der Waals surface area contributed by atoms with E-state index in [1.54, 1.807) is 15.3 Å². The van der Waals surface area contributed by atoms with Crippen LogP contribution in [0.1, 0.15) is 31.4 Å². The largest absolute Gasteiger partial charge is 0.354 e. The van der Waals surface area contributed by atoms with Crippen LogP contribution in [0.25, 0.3) is 11.2 Å². The molecular formula is C21H26N4O2. The van der Waals surface area contributed by atoms with Crippen LogP contribution in [0.4, 0.5) is 0 Å². The van der Waals surface area contributed by atoms with Crippen LogP contribution in [0.15, 0.2) is 47.4 Å². The van der Waals surface area contributed by atoms with E-state index in [1.165, 1.54) is 0 Å². The van der Waals surface area contributed by atoms with Crippen LogP contribution in [0.5, 0.6) is 0 Å². The molecule has 0 saturated heterocycles. The van der Waals surface area contributed by atoms with E-state index in [-0.39, 0.29) is 11.6 Å². The highest BCUT2D eigenvalue weighted by molar-refractivity contribution is 5.76. The van der Waals surface area contributed by atoms with Gasteiger partial charge in [0.05, 0.1) is 12.1 Å². The molecular weight excluding hydrogens is 340 g/mol. The maximum Gasteiger partial charge on any atom is 0.330 e. The third kappa shape index (κ3) is 4.45. The molecule has 0 aliphatic carbocycles. The number of aryl methyl sites for hydroxylation is 1. The molecule has 6 heteroatoms. The van der Waals surface area contributed by atoms with Gasteiger partial charge in [0.25, 0.3) is 0 Å². The number of imidazole rings is 1. The molecule has 3 rings (SSSR count). The maximum atomic E-state index is 13.0. The summed E-state index contributed by atoms with van der Waals surface area (Å²) in [7, 11) is 0. The fourth-order valence-electron chi connectivity index (χ4n) is 3.24. The van der Waals surface area contributed by atoms with Crippen molar-refractivity contribution in [3.8, 4) is 0 Å². The number of pyridine rings is 1. The Kier molecular flexibility index (Phi) is 5.74. The van der Waals surface area contributed by atoms with Crippen molar-refractivity contribution in [2.75, 3.05) is 6.54 Å². The van der Waals surface area contributed by atoms with E-state index in [2.05, 4.69) is 16.4 Å². The van der Waals surface area contributed by atoms with Crippen molar-refractivity contribution in [3.63, 3.8) is 0 Å². The van der Waals surface area contributed by atoms with Crippen LogP contribution in [-0.2, 0) is 17.9 Å². The van der Waals surface area contributed by atoms with E-state index >= 15 is 0 Å². The molecule has 0 atom stereocenters. The minimum atomic E-state index is -0.108. The molecule has 3 aromatic rings. The lowest BCUT2D eigenvalue weighted by Gasteiger charge is -2.07. The SMILES string of the molecule is Cc1cccc(Cn2c(=O)n(CCNC(=O)CC(C)C)c3ncccc32)c1. The van der Waals surface area contributed by atoms with Gasteiger partial charge in [-0.1, -0.05) is 43.7 Å². The van der Waals surface area contributed by atoms with Gasteiger partial charge in [0.2, 0.25) is 5.91 Å². The Labute approximate surface area is 158 Å². The minimum Gasteiger partial charge on any atom is -0.354 e. The van der Waals surface area contributed by atoms with E-state index in [4.69, 9.17) is 0 Å². The Bertz CT molecular complexity index is 1000. The van der Waals surface area contributed by atoms with E-state index in [1.807, 2.05) is 51.1 Å². The third-order valence-corrected chi connectivity index (χ3v) is 4.45. The van der Waals surface area contributed by atoms with Crippen molar-refractivity contribution in [2.45, 2.75) is 40.3 Å². The zero-order valence-electron chi connectivity index (χ0n) is 16.1. The first-order valence-corrected chi connectivity index (χ1v) is 9.32. The Morgan fingerprint density at radius 3 is 2.74 bits per heavy atom. The molecule has 1 aromatic carbocycles. The number of nitrogens with zero attached hydrogens (tertiary/aromatic N) is 3. The topological polar surface area (TPSA) is 68.9 Å². The summed E-state index contributed by atoms with van der Waals surface area (Å²) in [6.45, 7) is 7.36. The van der Waals surface area contributed by atoms with Gasteiger partial charge in [-0.25, -0.2) is 9.78 Å². The zero-order chi connectivity index (χ0) is 19.4. The average Bonchev–Trinajstić information content (AvgIpc) is 2.87. The number of benzene rings is 1. The second-order valence-electron chi connectivity index (χ2n) is 7.30. The lowest BCUT2D eigenvalue weighted by Crippen LogP contribution is -2.32.